The second kappa shape index (κ2) is 8.14. The molecule has 0 saturated carbocycles. The number of aromatic nitrogens is 2. The van der Waals surface area contributed by atoms with Crippen LogP contribution in [0.15, 0.2) is 42.7 Å². The number of rotatable bonds is 5. The molecule has 144 valence electrons. The summed E-state index contributed by atoms with van der Waals surface area (Å²) in [5, 5.41) is 0.683. The lowest BCUT2D eigenvalue weighted by Gasteiger charge is -2.12. The minimum Gasteiger partial charge on any atom is -0.465 e. The Morgan fingerprint density at radius 1 is 0.964 bits per heavy atom. The van der Waals surface area contributed by atoms with Crippen LogP contribution in [0.4, 0.5) is 5.69 Å². The SMILES string of the molecule is COC(=O)c1ccc(Oc2ncnc(Oc3cc(C)c(Cl)c(C)c3)c2N)cc1. The van der Waals surface area contributed by atoms with Gasteiger partial charge in [0.15, 0.2) is 5.69 Å². The van der Waals surface area contributed by atoms with Crippen LogP contribution in [-0.4, -0.2) is 23.0 Å². The van der Waals surface area contributed by atoms with Gasteiger partial charge in [0.25, 0.3) is 0 Å². The van der Waals surface area contributed by atoms with E-state index in [0.717, 1.165) is 11.1 Å². The molecular weight excluding hydrogens is 382 g/mol. The topological polar surface area (TPSA) is 96.6 Å². The second-order valence-corrected chi connectivity index (χ2v) is 6.37. The highest BCUT2D eigenvalue weighted by Crippen LogP contribution is 2.35. The van der Waals surface area contributed by atoms with Crippen LogP contribution >= 0.6 is 11.6 Å². The molecule has 0 bridgehead atoms. The third-order valence-electron chi connectivity index (χ3n) is 3.93. The van der Waals surface area contributed by atoms with Crippen molar-refractivity contribution in [3.63, 3.8) is 0 Å². The number of esters is 1. The summed E-state index contributed by atoms with van der Waals surface area (Å²) in [6.07, 6.45) is 1.29. The third-order valence-corrected chi connectivity index (χ3v) is 4.52. The molecule has 0 unspecified atom stereocenters. The first-order chi connectivity index (χ1) is 13.4. The van der Waals surface area contributed by atoms with E-state index in [9.17, 15) is 4.79 Å². The number of hydrogen-bond acceptors (Lipinski definition) is 7. The number of carbonyl (C=O) groups excluding carboxylic acids is 1. The maximum Gasteiger partial charge on any atom is 0.337 e. The van der Waals surface area contributed by atoms with Gasteiger partial charge in [-0.25, -0.2) is 4.79 Å². The summed E-state index contributed by atoms with van der Waals surface area (Å²) in [6.45, 7) is 3.77. The molecule has 7 nitrogen and oxygen atoms in total. The minimum absolute atomic E-state index is 0.137. The van der Waals surface area contributed by atoms with E-state index < -0.39 is 5.97 Å². The molecular formula is C20H18ClN3O4. The molecule has 3 aromatic rings. The van der Waals surface area contributed by atoms with Gasteiger partial charge >= 0.3 is 5.97 Å². The van der Waals surface area contributed by atoms with Crippen molar-refractivity contribution in [1.82, 2.24) is 9.97 Å². The number of aryl methyl sites for hydroxylation is 2. The first-order valence-electron chi connectivity index (χ1n) is 8.30. The monoisotopic (exact) mass is 399 g/mol. The molecule has 1 heterocycles. The largest absolute Gasteiger partial charge is 0.465 e. The van der Waals surface area contributed by atoms with Crippen molar-refractivity contribution in [1.29, 1.82) is 0 Å². The van der Waals surface area contributed by atoms with Crippen molar-refractivity contribution in [2.24, 2.45) is 0 Å². The number of ether oxygens (including phenoxy) is 3. The molecule has 0 radical (unpaired) electrons. The fourth-order valence-electron chi connectivity index (χ4n) is 2.49. The average Bonchev–Trinajstić information content (AvgIpc) is 2.69. The highest BCUT2D eigenvalue weighted by Gasteiger charge is 2.14. The van der Waals surface area contributed by atoms with E-state index in [1.54, 1.807) is 36.4 Å². The van der Waals surface area contributed by atoms with Gasteiger partial charge in [0.2, 0.25) is 11.8 Å². The number of hydrogen-bond donors (Lipinski definition) is 1. The van der Waals surface area contributed by atoms with Crippen LogP contribution in [0.5, 0.6) is 23.3 Å². The van der Waals surface area contributed by atoms with Crippen LogP contribution in [0.25, 0.3) is 0 Å². The fraction of sp³-hybridized carbons (Fsp3) is 0.150. The van der Waals surface area contributed by atoms with Crippen molar-refractivity contribution in [2.75, 3.05) is 12.8 Å². The normalized spacial score (nSPS) is 10.4. The number of nitrogens with two attached hydrogens (primary N) is 1. The number of nitrogen functional groups attached to an aromatic ring is 1. The van der Waals surface area contributed by atoms with E-state index in [2.05, 4.69) is 14.7 Å². The van der Waals surface area contributed by atoms with E-state index in [1.807, 2.05) is 13.8 Å². The molecule has 3 rings (SSSR count). The van der Waals surface area contributed by atoms with Crippen LogP contribution < -0.4 is 15.2 Å². The summed E-state index contributed by atoms with van der Waals surface area (Å²) in [4.78, 5) is 19.6. The molecule has 0 saturated heterocycles. The molecule has 2 aromatic carbocycles. The van der Waals surface area contributed by atoms with Crippen LogP contribution in [0.2, 0.25) is 5.02 Å². The Balaban J connectivity index is 1.82. The van der Waals surface area contributed by atoms with Gasteiger partial charge in [-0.3, -0.25) is 0 Å². The summed E-state index contributed by atoms with van der Waals surface area (Å²) >= 11 is 6.18. The number of anilines is 1. The Bertz CT molecular complexity index is 999. The number of benzene rings is 2. The molecule has 0 aliphatic heterocycles. The summed E-state index contributed by atoms with van der Waals surface area (Å²) in [5.74, 6) is 0.869. The Morgan fingerprint density at radius 3 is 2.04 bits per heavy atom. The van der Waals surface area contributed by atoms with Crippen molar-refractivity contribution in [3.8, 4) is 23.3 Å². The van der Waals surface area contributed by atoms with Gasteiger partial charge in [-0.2, -0.15) is 9.97 Å². The summed E-state index contributed by atoms with van der Waals surface area (Å²) in [6, 6.07) is 9.97. The smallest absolute Gasteiger partial charge is 0.337 e. The van der Waals surface area contributed by atoms with Crippen LogP contribution in [-0.2, 0) is 4.74 Å². The van der Waals surface area contributed by atoms with Gasteiger partial charge in [0.05, 0.1) is 12.7 Å². The van der Waals surface area contributed by atoms with E-state index in [-0.39, 0.29) is 17.4 Å². The fourth-order valence-corrected chi connectivity index (χ4v) is 2.60. The van der Waals surface area contributed by atoms with Crippen molar-refractivity contribution in [2.45, 2.75) is 13.8 Å². The molecule has 8 heteroatoms. The van der Waals surface area contributed by atoms with Gasteiger partial charge in [-0.05, 0) is 61.4 Å². The van der Waals surface area contributed by atoms with Gasteiger partial charge < -0.3 is 19.9 Å². The number of halogens is 1. The molecule has 0 amide bonds. The molecule has 0 spiro atoms. The van der Waals surface area contributed by atoms with Crippen LogP contribution in [0, 0.1) is 13.8 Å². The predicted octanol–water partition coefficient (Wildman–Crippen LogP) is 4.70. The van der Waals surface area contributed by atoms with Gasteiger partial charge in [-0.15, -0.1) is 0 Å². The van der Waals surface area contributed by atoms with Crippen molar-refractivity contribution < 1.29 is 19.0 Å². The highest BCUT2D eigenvalue weighted by molar-refractivity contribution is 6.32. The quantitative estimate of drug-likeness (QED) is 0.621. The Kier molecular flexibility index (Phi) is 5.65. The van der Waals surface area contributed by atoms with Crippen LogP contribution in [0.3, 0.4) is 0 Å². The highest BCUT2D eigenvalue weighted by atomic mass is 35.5. The lowest BCUT2D eigenvalue weighted by Crippen LogP contribution is -2.02. The van der Waals surface area contributed by atoms with Gasteiger partial charge in [-0.1, -0.05) is 11.6 Å². The zero-order valence-electron chi connectivity index (χ0n) is 15.5. The number of carbonyl (C=O) groups is 1. The Morgan fingerprint density at radius 2 is 1.50 bits per heavy atom. The van der Waals surface area contributed by atoms with Crippen molar-refractivity contribution in [3.05, 3.63) is 64.4 Å². The van der Waals surface area contributed by atoms with E-state index in [1.165, 1.54) is 13.4 Å². The molecule has 0 aliphatic carbocycles. The molecule has 28 heavy (non-hydrogen) atoms. The summed E-state index contributed by atoms with van der Waals surface area (Å²) in [5.41, 5.74) is 8.42. The maximum atomic E-state index is 11.5. The van der Waals surface area contributed by atoms with Crippen LogP contribution in [0.1, 0.15) is 21.5 Å². The first kappa shape index (κ1) is 19.4. The standard InChI is InChI=1S/C20H18ClN3O4/c1-11-8-15(9-12(2)16(11)21)28-19-17(22)18(23-10-24-19)27-14-6-4-13(5-7-14)20(25)26-3/h4-10H,22H2,1-3H3. The molecule has 0 aliphatic rings. The molecule has 0 atom stereocenters. The molecule has 0 fully saturated rings. The first-order valence-corrected chi connectivity index (χ1v) is 8.68. The zero-order chi connectivity index (χ0) is 20.3. The van der Waals surface area contributed by atoms with E-state index in [0.29, 0.717) is 22.1 Å². The zero-order valence-corrected chi connectivity index (χ0v) is 16.3. The van der Waals surface area contributed by atoms with Crippen molar-refractivity contribution >= 4 is 23.3 Å². The van der Waals surface area contributed by atoms with Gasteiger partial charge in [0, 0.05) is 5.02 Å². The Labute approximate surface area is 167 Å². The second-order valence-electron chi connectivity index (χ2n) is 5.99. The summed E-state index contributed by atoms with van der Waals surface area (Å²) in [7, 11) is 1.32. The molecule has 1 aromatic heterocycles. The lowest BCUT2D eigenvalue weighted by atomic mass is 10.1. The number of methoxy groups -OCH3 is 1. The predicted molar refractivity (Wildman–Crippen MR) is 105 cm³/mol. The minimum atomic E-state index is -0.433. The molecule has 2 N–H and O–H groups in total. The maximum absolute atomic E-state index is 11.5. The summed E-state index contributed by atoms with van der Waals surface area (Å²) < 4.78 is 16.2. The Hall–Kier alpha value is -3.32. The van der Waals surface area contributed by atoms with Gasteiger partial charge in [0.1, 0.15) is 17.8 Å². The lowest BCUT2D eigenvalue weighted by molar-refractivity contribution is 0.0600. The third kappa shape index (κ3) is 4.15. The van der Waals surface area contributed by atoms with E-state index in [4.69, 9.17) is 26.8 Å². The number of nitrogens with zero attached hydrogens (tertiary/aromatic N) is 2. The van der Waals surface area contributed by atoms with E-state index >= 15 is 0 Å². The average molecular weight is 400 g/mol.